The molecule has 1 amide bonds. The third kappa shape index (κ3) is 4.25. The number of ketones is 1. The van der Waals surface area contributed by atoms with Crippen LogP contribution in [0, 0.1) is 11.8 Å². The number of fused-ring (bicyclic) bond motifs is 2. The highest BCUT2D eigenvalue weighted by Gasteiger charge is 2.45. The molecule has 0 saturated carbocycles. The molecular weight excluding hydrogens is 294 g/mol. The average molecular weight is 325 g/mol. The van der Waals surface area contributed by atoms with Crippen LogP contribution in [0.2, 0.25) is 0 Å². The molecule has 2 atom stereocenters. The van der Waals surface area contributed by atoms with Crippen LogP contribution in [0.15, 0.2) is 0 Å². The van der Waals surface area contributed by atoms with Gasteiger partial charge in [-0.3, -0.25) is 9.69 Å². The highest BCUT2D eigenvalue weighted by Crippen LogP contribution is 2.35. The molecule has 5 nitrogen and oxygen atoms in total. The zero-order chi connectivity index (χ0) is 17.2. The molecule has 0 spiro atoms. The minimum absolute atomic E-state index is 0.0411. The van der Waals surface area contributed by atoms with Gasteiger partial charge in [0, 0.05) is 11.8 Å². The van der Waals surface area contributed by atoms with Crippen molar-refractivity contribution >= 4 is 11.9 Å². The lowest BCUT2D eigenvalue weighted by molar-refractivity contribution is -0.136. The predicted octanol–water partition coefficient (Wildman–Crippen LogP) is 3.41. The molecule has 2 heterocycles. The Morgan fingerprint density at radius 1 is 1.13 bits per heavy atom. The first-order valence-corrected chi connectivity index (χ1v) is 8.89. The predicted molar refractivity (Wildman–Crippen MR) is 88.3 cm³/mol. The van der Waals surface area contributed by atoms with E-state index in [-0.39, 0.29) is 30.0 Å². The Kier molecular flexibility index (Phi) is 5.71. The summed E-state index contributed by atoms with van der Waals surface area (Å²) in [5.74, 6) is 0.572. The van der Waals surface area contributed by atoms with Crippen LogP contribution >= 0.6 is 0 Å². The quantitative estimate of drug-likeness (QED) is 0.795. The maximum Gasteiger partial charge on any atom is 0.410 e. The highest BCUT2D eigenvalue weighted by molar-refractivity contribution is 5.84. The molecule has 0 aromatic rings. The Balaban J connectivity index is 2.08. The molecule has 23 heavy (non-hydrogen) atoms. The van der Waals surface area contributed by atoms with Crippen molar-refractivity contribution in [3.05, 3.63) is 0 Å². The first-order chi connectivity index (χ1) is 10.8. The first-order valence-electron chi connectivity index (χ1n) is 8.89. The maximum absolute atomic E-state index is 12.7. The number of ether oxygens (including phenoxy) is 2. The molecule has 2 fully saturated rings. The number of amides is 1. The van der Waals surface area contributed by atoms with Gasteiger partial charge in [0.15, 0.2) is 0 Å². The van der Waals surface area contributed by atoms with Crippen LogP contribution in [0.25, 0.3) is 0 Å². The molecule has 2 aliphatic heterocycles. The van der Waals surface area contributed by atoms with Crippen LogP contribution in [-0.4, -0.2) is 47.7 Å². The number of morpholine rings is 1. The van der Waals surface area contributed by atoms with E-state index in [0.717, 1.165) is 12.8 Å². The second kappa shape index (κ2) is 7.20. The first kappa shape index (κ1) is 18.2. The number of carbonyl (C=O) groups is 2. The highest BCUT2D eigenvalue weighted by atomic mass is 16.6. The lowest BCUT2D eigenvalue weighted by Gasteiger charge is -2.48. The van der Waals surface area contributed by atoms with Gasteiger partial charge in [-0.25, -0.2) is 4.79 Å². The number of piperidine rings is 1. The Morgan fingerprint density at radius 2 is 1.65 bits per heavy atom. The van der Waals surface area contributed by atoms with Crippen molar-refractivity contribution in [3.63, 3.8) is 0 Å². The smallest absolute Gasteiger partial charge is 0.410 e. The number of carbonyl (C=O) groups excluding carboxylic acids is 2. The number of rotatable bonds is 4. The normalized spacial score (nSPS) is 27.9. The van der Waals surface area contributed by atoms with Crippen LogP contribution in [0.4, 0.5) is 4.79 Å². The lowest BCUT2D eigenvalue weighted by atomic mass is 9.78. The minimum Gasteiger partial charge on any atom is -0.444 e. The summed E-state index contributed by atoms with van der Waals surface area (Å²) in [5, 5.41) is 0. The molecule has 0 aromatic heterocycles. The average Bonchev–Trinajstić information content (AvgIpc) is 2.45. The second-order valence-electron chi connectivity index (χ2n) is 7.82. The van der Waals surface area contributed by atoms with Crippen molar-refractivity contribution in [1.29, 1.82) is 0 Å². The van der Waals surface area contributed by atoms with Crippen LogP contribution in [-0.2, 0) is 14.3 Å². The number of Topliss-reactive ketones (excluding diaryl/α,β-unsaturated/α-hetero) is 1. The van der Waals surface area contributed by atoms with E-state index >= 15 is 0 Å². The molecule has 0 aliphatic carbocycles. The van der Waals surface area contributed by atoms with Crippen molar-refractivity contribution in [1.82, 2.24) is 4.90 Å². The van der Waals surface area contributed by atoms with Gasteiger partial charge in [-0.15, -0.1) is 0 Å². The number of nitrogens with zero attached hydrogens (tertiary/aromatic N) is 1. The van der Waals surface area contributed by atoms with Gasteiger partial charge in [-0.05, 0) is 46.5 Å². The zero-order valence-electron chi connectivity index (χ0n) is 15.1. The molecule has 2 bridgehead atoms. The summed E-state index contributed by atoms with van der Waals surface area (Å²) in [4.78, 5) is 27.1. The summed E-state index contributed by atoms with van der Waals surface area (Å²) in [6.07, 6.45) is 2.92. The summed E-state index contributed by atoms with van der Waals surface area (Å²) >= 11 is 0. The van der Waals surface area contributed by atoms with Gasteiger partial charge < -0.3 is 9.47 Å². The molecule has 2 saturated heterocycles. The van der Waals surface area contributed by atoms with Crippen LogP contribution in [0.1, 0.15) is 60.3 Å². The largest absolute Gasteiger partial charge is 0.444 e. The van der Waals surface area contributed by atoms with Crippen molar-refractivity contribution in [3.8, 4) is 0 Å². The van der Waals surface area contributed by atoms with E-state index in [9.17, 15) is 9.59 Å². The lowest BCUT2D eigenvalue weighted by Crippen LogP contribution is -2.60. The summed E-state index contributed by atoms with van der Waals surface area (Å²) in [6.45, 7) is 10.8. The molecule has 0 radical (unpaired) electrons. The Labute approximate surface area is 139 Å². The standard InChI is InChI=1S/C18H31NO4/c1-6-12(7-2)16(20)13-8-14-10-22-11-15(9-13)19(14)17(21)23-18(3,4)5/h12-15H,6-11H2,1-5H3. The fourth-order valence-corrected chi connectivity index (χ4v) is 3.78. The zero-order valence-corrected chi connectivity index (χ0v) is 15.1. The second-order valence-corrected chi connectivity index (χ2v) is 7.82. The van der Waals surface area contributed by atoms with E-state index in [1.807, 2.05) is 25.7 Å². The van der Waals surface area contributed by atoms with E-state index in [4.69, 9.17) is 9.47 Å². The van der Waals surface area contributed by atoms with Crippen molar-refractivity contribution in [2.45, 2.75) is 78.0 Å². The summed E-state index contributed by atoms with van der Waals surface area (Å²) in [5.41, 5.74) is -0.506. The fraction of sp³-hybridized carbons (Fsp3) is 0.889. The van der Waals surface area contributed by atoms with Crippen molar-refractivity contribution in [2.75, 3.05) is 13.2 Å². The molecule has 0 aromatic carbocycles. The molecule has 2 unspecified atom stereocenters. The molecule has 0 N–H and O–H groups in total. The van der Waals surface area contributed by atoms with Crippen LogP contribution in [0.5, 0.6) is 0 Å². The molecule has 5 heteroatoms. The Morgan fingerprint density at radius 3 is 2.09 bits per heavy atom. The van der Waals surface area contributed by atoms with Crippen molar-refractivity contribution in [2.24, 2.45) is 11.8 Å². The topological polar surface area (TPSA) is 55.8 Å². The third-order valence-corrected chi connectivity index (χ3v) is 4.92. The van der Waals surface area contributed by atoms with Gasteiger partial charge in [0.25, 0.3) is 0 Å². The van der Waals surface area contributed by atoms with E-state index in [1.54, 1.807) is 0 Å². The van der Waals surface area contributed by atoms with Gasteiger partial charge in [-0.1, -0.05) is 13.8 Å². The number of hydrogen-bond donors (Lipinski definition) is 0. The van der Waals surface area contributed by atoms with Gasteiger partial charge in [0.2, 0.25) is 0 Å². The fourth-order valence-electron chi connectivity index (χ4n) is 3.78. The number of hydrogen-bond acceptors (Lipinski definition) is 4. The van der Waals surface area contributed by atoms with E-state index in [1.165, 1.54) is 0 Å². The maximum atomic E-state index is 12.7. The molecule has 132 valence electrons. The summed E-state index contributed by atoms with van der Waals surface area (Å²) in [6, 6.07) is -0.0821. The summed E-state index contributed by atoms with van der Waals surface area (Å²) in [7, 11) is 0. The van der Waals surface area contributed by atoms with Crippen LogP contribution in [0.3, 0.4) is 0 Å². The van der Waals surface area contributed by atoms with E-state index in [2.05, 4.69) is 13.8 Å². The van der Waals surface area contributed by atoms with Gasteiger partial charge in [0.05, 0.1) is 25.3 Å². The van der Waals surface area contributed by atoms with Gasteiger partial charge in [0.1, 0.15) is 11.4 Å². The Hall–Kier alpha value is -1.10. The third-order valence-electron chi connectivity index (χ3n) is 4.92. The van der Waals surface area contributed by atoms with Crippen LogP contribution < -0.4 is 0 Å². The van der Waals surface area contributed by atoms with Crippen molar-refractivity contribution < 1.29 is 19.1 Å². The van der Waals surface area contributed by atoms with Gasteiger partial charge >= 0.3 is 6.09 Å². The van der Waals surface area contributed by atoms with E-state index < -0.39 is 5.60 Å². The molecule has 2 rings (SSSR count). The van der Waals surface area contributed by atoms with E-state index in [0.29, 0.717) is 31.8 Å². The molecule has 2 aliphatic rings. The van der Waals surface area contributed by atoms with Gasteiger partial charge in [-0.2, -0.15) is 0 Å². The Bertz CT molecular complexity index is 425. The monoisotopic (exact) mass is 325 g/mol. The SMILES string of the molecule is CCC(CC)C(=O)C1CC2COCC(C1)N2C(=O)OC(C)(C)C. The molecular formula is C18H31NO4. The minimum atomic E-state index is -0.506. The summed E-state index contributed by atoms with van der Waals surface area (Å²) < 4.78 is 11.2.